The molecule has 0 fully saturated rings. The molecule has 20 heavy (non-hydrogen) atoms. The van der Waals surface area contributed by atoms with Crippen molar-refractivity contribution in [1.29, 1.82) is 0 Å². The molecule has 6 heteroatoms. The monoisotopic (exact) mass is 307 g/mol. The molecule has 2 heterocycles. The second kappa shape index (κ2) is 6.15. The SMILES string of the molecule is COc1ccc(SC)cc1-c1nc2ncccc2[nH]1.Cl. The van der Waals surface area contributed by atoms with Crippen LogP contribution in [0.5, 0.6) is 5.75 Å². The summed E-state index contributed by atoms with van der Waals surface area (Å²) in [5.41, 5.74) is 2.59. The maximum absolute atomic E-state index is 5.41. The molecule has 4 nitrogen and oxygen atoms in total. The molecule has 0 saturated carbocycles. The molecule has 3 aromatic rings. The Balaban J connectivity index is 0.00000147. The van der Waals surface area contributed by atoms with E-state index in [0.717, 1.165) is 22.7 Å². The van der Waals surface area contributed by atoms with Crippen LogP contribution in [-0.4, -0.2) is 28.3 Å². The Morgan fingerprint density at radius 2 is 2.10 bits per heavy atom. The Bertz CT molecular complexity index is 696. The van der Waals surface area contributed by atoms with Gasteiger partial charge in [-0.2, -0.15) is 0 Å². The van der Waals surface area contributed by atoms with Crippen molar-refractivity contribution in [2.45, 2.75) is 4.90 Å². The summed E-state index contributed by atoms with van der Waals surface area (Å²) in [5.74, 6) is 1.58. The van der Waals surface area contributed by atoms with Gasteiger partial charge in [0.15, 0.2) is 5.65 Å². The van der Waals surface area contributed by atoms with Crippen LogP contribution < -0.4 is 4.74 Å². The minimum Gasteiger partial charge on any atom is -0.496 e. The third-order valence-corrected chi connectivity index (χ3v) is 3.64. The fraction of sp³-hybridized carbons (Fsp3) is 0.143. The predicted molar refractivity (Wildman–Crippen MR) is 84.9 cm³/mol. The smallest absolute Gasteiger partial charge is 0.178 e. The molecular formula is C14H14ClN3OS. The molecule has 0 aliphatic heterocycles. The minimum atomic E-state index is 0. The topological polar surface area (TPSA) is 50.8 Å². The van der Waals surface area contributed by atoms with Gasteiger partial charge in [0.05, 0.1) is 18.2 Å². The average Bonchev–Trinajstić information content (AvgIpc) is 2.90. The fourth-order valence-electron chi connectivity index (χ4n) is 1.97. The van der Waals surface area contributed by atoms with Crippen molar-refractivity contribution in [2.75, 3.05) is 13.4 Å². The molecule has 0 amide bonds. The average molecular weight is 308 g/mol. The van der Waals surface area contributed by atoms with E-state index in [1.165, 1.54) is 4.90 Å². The third kappa shape index (κ3) is 2.59. The molecule has 0 saturated heterocycles. The first-order valence-corrected chi connectivity index (χ1v) is 7.07. The van der Waals surface area contributed by atoms with Crippen LogP contribution in [0.2, 0.25) is 0 Å². The summed E-state index contributed by atoms with van der Waals surface area (Å²) in [5, 5.41) is 0. The van der Waals surface area contributed by atoms with Gasteiger partial charge in [0.25, 0.3) is 0 Å². The summed E-state index contributed by atoms with van der Waals surface area (Å²) in [7, 11) is 1.67. The Labute approximate surface area is 127 Å². The van der Waals surface area contributed by atoms with Gasteiger partial charge in [-0.3, -0.25) is 0 Å². The standard InChI is InChI=1S/C14H13N3OS.ClH/c1-18-12-6-5-9(19-2)8-10(12)13-16-11-4-3-7-15-14(11)17-13;/h3-8H,1-2H3,(H,15,16,17);1H. The lowest BCUT2D eigenvalue weighted by Gasteiger charge is -2.07. The van der Waals surface area contributed by atoms with Gasteiger partial charge in [0.2, 0.25) is 0 Å². The number of imidazole rings is 1. The van der Waals surface area contributed by atoms with E-state index < -0.39 is 0 Å². The second-order valence-electron chi connectivity index (χ2n) is 4.03. The highest BCUT2D eigenvalue weighted by Crippen LogP contribution is 2.32. The summed E-state index contributed by atoms with van der Waals surface area (Å²) >= 11 is 1.69. The highest BCUT2D eigenvalue weighted by Gasteiger charge is 2.11. The van der Waals surface area contributed by atoms with Crippen LogP contribution in [-0.2, 0) is 0 Å². The molecule has 0 aliphatic rings. The molecule has 1 N–H and O–H groups in total. The van der Waals surface area contributed by atoms with Crippen molar-refractivity contribution in [1.82, 2.24) is 15.0 Å². The van der Waals surface area contributed by atoms with Gasteiger partial charge in [-0.15, -0.1) is 24.2 Å². The lowest BCUT2D eigenvalue weighted by Crippen LogP contribution is -1.89. The van der Waals surface area contributed by atoms with E-state index in [0.29, 0.717) is 5.65 Å². The first-order valence-electron chi connectivity index (χ1n) is 5.85. The van der Waals surface area contributed by atoms with E-state index in [-0.39, 0.29) is 12.4 Å². The van der Waals surface area contributed by atoms with E-state index in [9.17, 15) is 0 Å². The molecule has 2 aromatic heterocycles. The number of nitrogens with zero attached hydrogens (tertiary/aromatic N) is 2. The number of fused-ring (bicyclic) bond motifs is 1. The number of hydrogen-bond acceptors (Lipinski definition) is 4. The maximum atomic E-state index is 5.41. The molecule has 0 atom stereocenters. The van der Waals surface area contributed by atoms with E-state index >= 15 is 0 Å². The molecule has 3 rings (SSSR count). The molecule has 0 spiro atoms. The lowest BCUT2D eigenvalue weighted by molar-refractivity contribution is 0.416. The second-order valence-corrected chi connectivity index (χ2v) is 4.91. The third-order valence-electron chi connectivity index (χ3n) is 2.92. The van der Waals surface area contributed by atoms with Gasteiger partial charge in [-0.25, -0.2) is 9.97 Å². The van der Waals surface area contributed by atoms with Crippen LogP contribution in [0, 0.1) is 0 Å². The Morgan fingerprint density at radius 3 is 2.80 bits per heavy atom. The molecule has 0 unspecified atom stereocenters. The Kier molecular flexibility index (Phi) is 4.52. The Morgan fingerprint density at radius 1 is 1.25 bits per heavy atom. The van der Waals surface area contributed by atoms with Crippen LogP contribution in [0.3, 0.4) is 0 Å². The zero-order valence-corrected chi connectivity index (χ0v) is 12.7. The van der Waals surface area contributed by atoms with Crippen molar-refractivity contribution in [3.63, 3.8) is 0 Å². The molecule has 0 aliphatic carbocycles. The fourth-order valence-corrected chi connectivity index (χ4v) is 2.41. The number of rotatable bonds is 3. The number of methoxy groups -OCH3 is 1. The summed E-state index contributed by atoms with van der Waals surface area (Å²) in [4.78, 5) is 13.2. The number of ether oxygens (including phenoxy) is 1. The number of H-pyrrole nitrogens is 1. The van der Waals surface area contributed by atoms with E-state index in [1.54, 1.807) is 25.1 Å². The van der Waals surface area contributed by atoms with Crippen molar-refractivity contribution in [3.8, 4) is 17.1 Å². The van der Waals surface area contributed by atoms with Gasteiger partial charge in [0, 0.05) is 11.1 Å². The van der Waals surface area contributed by atoms with Crippen LogP contribution in [0.15, 0.2) is 41.4 Å². The first-order chi connectivity index (χ1) is 9.31. The Hall–Kier alpha value is -1.72. The number of pyridine rings is 1. The first kappa shape index (κ1) is 14.7. The number of hydrogen-bond donors (Lipinski definition) is 1. The maximum Gasteiger partial charge on any atom is 0.178 e. The minimum absolute atomic E-state index is 0. The largest absolute Gasteiger partial charge is 0.496 e. The number of aromatic amines is 1. The molecule has 1 aromatic carbocycles. The van der Waals surface area contributed by atoms with Crippen LogP contribution in [0.1, 0.15) is 0 Å². The van der Waals surface area contributed by atoms with Gasteiger partial charge in [-0.1, -0.05) is 0 Å². The van der Waals surface area contributed by atoms with E-state index in [2.05, 4.69) is 21.0 Å². The number of thioether (sulfide) groups is 1. The lowest BCUT2D eigenvalue weighted by atomic mass is 10.2. The van der Waals surface area contributed by atoms with Crippen molar-refractivity contribution >= 4 is 35.3 Å². The van der Waals surface area contributed by atoms with Crippen molar-refractivity contribution in [2.24, 2.45) is 0 Å². The number of nitrogens with one attached hydrogen (secondary N) is 1. The predicted octanol–water partition coefficient (Wildman–Crippen LogP) is 3.78. The van der Waals surface area contributed by atoms with Crippen molar-refractivity contribution in [3.05, 3.63) is 36.5 Å². The summed E-state index contributed by atoms with van der Waals surface area (Å²) in [6.45, 7) is 0. The van der Waals surface area contributed by atoms with Crippen LogP contribution >= 0.6 is 24.2 Å². The normalized spacial score (nSPS) is 10.3. The molecule has 0 radical (unpaired) electrons. The quantitative estimate of drug-likeness (QED) is 0.748. The van der Waals surface area contributed by atoms with Gasteiger partial charge in [0.1, 0.15) is 11.6 Å². The van der Waals surface area contributed by atoms with Crippen LogP contribution in [0.25, 0.3) is 22.6 Å². The summed E-state index contributed by atoms with van der Waals surface area (Å²) in [6.07, 6.45) is 3.79. The van der Waals surface area contributed by atoms with E-state index in [1.807, 2.05) is 30.5 Å². The molecule has 104 valence electrons. The van der Waals surface area contributed by atoms with Gasteiger partial charge in [-0.05, 0) is 36.6 Å². The highest BCUT2D eigenvalue weighted by molar-refractivity contribution is 7.98. The summed E-state index contributed by atoms with van der Waals surface area (Å²) in [6, 6.07) is 9.92. The number of aromatic nitrogens is 3. The zero-order valence-electron chi connectivity index (χ0n) is 11.1. The van der Waals surface area contributed by atoms with Crippen LogP contribution in [0.4, 0.5) is 0 Å². The van der Waals surface area contributed by atoms with Gasteiger partial charge >= 0.3 is 0 Å². The number of benzene rings is 1. The molecule has 0 bridgehead atoms. The molecular weight excluding hydrogens is 294 g/mol. The van der Waals surface area contributed by atoms with E-state index in [4.69, 9.17) is 4.74 Å². The number of halogens is 1. The van der Waals surface area contributed by atoms with Gasteiger partial charge < -0.3 is 9.72 Å². The summed E-state index contributed by atoms with van der Waals surface area (Å²) < 4.78 is 5.41. The highest BCUT2D eigenvalue weighted by atomic mass is 35.5. The van der Waals surface area contributed by atoms with Crippen molar-refractivity contribution < 1.29 is 4.74 Å². The zero-order chi connectivity index (χ0) is 13.2.